The smallest absolute Gasteiger partial charge is 0.136 e. The van der Waals surface area contributed by atoms with Gasteiger partial charge in [0.25, 0.3) is 0 Å². The van der Waals surface area contributed by atoms with Gasteiger partial charge >= 0.3 is 0 Å². The van der Waals surface area contributed by atoms with Crippen molar-refractivity contribution in [2.75, 3.05) is 32.6 Å². The topological polar surface area (TPSA) is 49.4 Å². The Morgan fingerprint density at radius 1 is 1.06 bits per heavy atom. The summed E-state index contributed by atoms with van der Waals surface area (Å²) in [7, 11) is 3.91. The van der Waals surface area contributed by atoms with Crippen LogP contribution in [0.2, 0.25) is 0 Å². The van der Waals surface area contributed by atoms with Crippen molar-refractivity contribution >= 4 is 17.6 Å². The van der Waals surface area contributed by atoms with Crippen molar-refractivity contribution in [3.63, 3.8) is 0 Å². The second kappa shape index (κ2) is 9.05. The average molecular weight is 427 g/mol. The van der Waals surface area contributed by atoms with E-state index in [1.807, 2.05) is 24.4 Å². The second-order valence-corrected chi connectivity index (χ2v) is 8.66. The van der Waals surface area contributed by atoms with E-state index in [9.17, 15) is 0 Å². The van der Waals surface area contributed by atoms with Crippen LogP contribution in [0.1, 0.15) is 35.4 Å². The molecular weight excluding hydrogens is 396 g/mol. The van der Waals surface area contributed by atoms with Gasteiger partial charge in [0, 0.05) is 23.4 Å². The summed E-state index contributed by atoms with van der Waals surface area (Å²) >= 11 is 0. The Bertz CT molecular complexity index is 1120. The van der Waals surface area contributed by atoms with Crippen LogP contribution < -0.4 is 15.4 Å². The molecule has 2 N–H and O–H groups in total. The highest BCUT2D eigenvalue weighted by molar-refractivity contribution is 5.76. The number of benzene rings is 2. The lowest BCUT2D eigenvalue weighted by Crippen LogP contribution is -2.29. The predicted octanol–water partition coefficient (Wildman–Crippen LogP) is 5.38. The highest BCUT2D eigenvalue weighted by Crippen LogP contribution is 2.34. The molecule has 0 saturated carbocycles. The van der Waals surface area contributed by atoms with Gasteiger partial charge in [-0.15, -0.1) is 0 Å². The van der Waals surface area contributed by atoms with Crippen LogP contribution >= 0.6 is 0 Å². The highest BCUT2D eigenvalue weighted by atomic mass is 16.5. The minimum Gasteiger partial charge on any atom is -0.496 e. The monoisotopic (exact) mass is 426 g/mol. The molecule has 0 unspecified atom stereocenters. The summed E-state index contributed by atoms with van der Waals surface area (Å²) in [4.78, 5) is 7.43. The molecule has 32 heavy (non-hydrogen) atoms. The maximum atomic E-state index is 5.59. The molecule has 164 valence electrons. The molecule has 5 nitrogen and oxygen atoms in total. The van der Waals surface area contributed by atoms with Gasteiger partial charge in [-0.3, -0.25) is 0 Å². The zero-order chi connectivity index (χ0) is 21.9. The number of anilines is 2. The van der Waals surface area contributed by atoms with Gasteiger partial charge in [-0.05, 0) is 92.6 Å². The lowest BCUT2D eigenvalue weighted by molar-refractivity contribution is 0.255. The van der Waals surface area contributed by atoms with Gasteiger partial charge in [0.2, 0.25) is 0 Å². The quantitative estimate of drug-likeness (QED) is 0.573. The van der Waals surface area contributed by atoms with E-state index in [1.54, 1.807) is 7.11 Å². The van der Waals surface area contributed by atoms with Crippen molar-refractivity contribution < 1.29 is 4.74 Å². The number of para-hydroxylation sites is 1. The van der Waals surface area contributed by atoms with Gasteiger partial charge in [0.15, 0.2) is 0 Å². The Morgan fingerprint density at radius 3 is 2.62 bits per heavy atom. The van der Waals surface area contributed by atoms with Gasteiger partial charge in [0.1, 0.15) is 11.6 Å². The molecule has 0 spiro atoms. The molecule has 0 bridgehead atoms. The Hall–Kier alpha value is -3.31. The molecule has 0 radical (unpaired) electrons. The van der Waals surface area contributed by atoms with Gasteiger partial charge in [-0.1, -0.05) is 24.3 Å². The third kappa shape index (κ3) is 4.21. The first-order valence-electron chi connectivity index (χ1n) is 11.3. The summed E-state index contributed by atoms with van der Waals surface area (Å²) in [6.45, 7) is 3.11. The van der Waals surface area contributed by atoms with E-state index in [1.165, 1.54) is 42.6 Å². The Morgan fingerprint density at radius 2 is 1.84 bits per heavy atom. The summed E-state index contributed by atoms with van der Waals surface area (Å²) in [5, 5.41) is 6.90. The first-order valence-corrected chi connectivity index (χ1v) is 11.3. The maximum Gasteiger partial charge on any atom is 0.136 e. The Balaban J connectivity index is 1.45. The first-order chi connectivity index (χ1) is 15.7. The maximum absolute atomic E-state index is 5.59. The van der Waals surface area contributed by atoms with Crippen molar-refractivity contribution in [1.82, 2.24) is 15.2 Å². The van der Waals surface area contributed by atoms with Gasteiger partial charge < -0.3 is 20.3 Å². The highest BCUT2D eigenvalue weighted by Gasteiger charge is 2.19. The van der Waals surface area contributed by atoms with Crippen LogP contribution in [0, 0.1) is 0 Å². The molecule has 3 aromatic rings. The van der Waals surface area contributed by atoms with E-state index in [0.717, 1.165) is 35.1 Å². The predicted molar refractivity (Wildman–Crippen MR) is 131 cm³/mol. The van der Waals surface area contributed by atoms with Gasteiger partial charge in [-0.25, -0.2) is 4.98 Å². The van der Waals surface area contributed by atoms with E-state index in [0.29, 0.717) is 5.92 Å². The van der Waals surface area contributed by atoms with Crippen molar-refractivity contribution in [3.05, 3.63) is 77.5 Å². The van der Waals surface area contributed by atoms with Crippen LogP contribution in [0.15, 0.2) is 60.8 Å². The van der Waals surface area contributed by atoms with Crippen LogP contribution in [0.5, 0.6) is 5.75 Å². The Labute approximate surface area is 190 Å². The molecule has 1 saturated heterocycles. The fourth-order valence-corrected chi connectivity index (χ4v) is 4.65. The molecule has 5 rings (SSSR count). The number of hydrogen-bond donors (Lipinski definition) is 2. The van der Waals surface area contributed by atoms with Gasteiger partial charge in [0.05, 0.1) is 12.8 Å². The summed E-state index contributed by atoms with van der Waals surface area (Å²) in [6, 6.07) is 19.1. The van der Waals surface area contributed by atoms with E-state index >= 15 is 0 Å². The van der Waals surface area contributed by atoms with E-state index in [4.69, 9.17) is 9.72 Å². The summed E-state index contributed by atoms with van der Waals surface area (Å²) in [5.74, 6) is 2.37. The van der Waals surface area contributed by atoms with Crippen LogP contribution in [0.3, 0.4) is 0 Å². The third-order valence-corrected chi connectivity index (χ3v) is 6.56. The third-order valence-electron chi connectivity index (χ3n) is 6.56. The van der Waals surface area contributed by atoms with Crippen LogP contribution in [-0.4, -0.2) is 37.1 Å². The van der Waals surface area contributed by atoms with Crippen molar-refractivity contribution in [2.45, 2.75) is 25.3 Å². The van der Waals surface area contributed by atoms with E-state index < -0.39 is 0 Å². The summed E-state index contributed by atoms with van der Waals surface area (Å²) in [5.41, 5.74) is 6.73. The first kappa shape index (κ1) is 20.6. The van der Waals surface area contributed by atoms with E-state index in [-0.39, 0.29) is 0 Å². The van der Waals surface area contributed by atoms with Crippen molar-refractivity contribution in [3.8, 4) is 17.0 Å². The molecule has 2 aliphatic heterocycles. The zero-order valence-electron chi connectivity index (χ0n) is 18.8. The van der Waals surface area contributed by atoms with Crippen molar-refractivity contribution in [2.24, 2.45) is 0 Å². The van der Waals surface area contributed by atoms with Crippen LogP contribution in [-0.2, 0) is 6.54 Å². The number of nitrogens with one attached hydrogen (secondary N) is 2. The molecule has 0 amide bonds. The molecule has 3 heterocycles. The fraction of sp³-hybridized carbons (Fsp3) is 0.296. The molecule has 0 aliphatic carbocycles. The number of aromatic nitrogens is 1. The summed E-state index contributed by atoms with van der Waals surface area (Å²) in [6.07, 6.45) is 6.57. The number of piperidine rings is 1. The zero-order valence-corrected chi connectivity index (χ0v) is 18.8. The minimum absolute atomic E-state index is 0.661. The number of nitrogens with zero attached hydrogens (tertiary/aromatic N) is 2. The molecule has 2 aromatic carbocycles. The molecule has 2 aliphatic rings. The number of rotatable bonds is 5. The molecular formula is C27H30N4O. The Kier molecular flexibility index (Phi) is 5.82. The van der Waals surface area contributed by atoms with Crippen LogP contribution in [0.4, 0.5) is 11.5 Å². The standard InChI is InChI=1S/C27H30N4O/c1-31-15-12-20(13-16-31)19-7-9-22(10-8-19)29-27-24-18-28-14-11-21(24)17-25(30-27)23-5-3-4-6-26(23)32-2/h3-11,14,17,20,28H,12-13,15-16,18H2,1-2H3,(H,29,30). The number of ether oxygens (including phenoxy) is 1. The van der Waals surface area contributed by atoms with Gasteiger partial charge in [-0.2, -0.15) is 0 Å². The lowest BCUT2D eigenvalue weighted by Gasteiger charge is -2.29. The summed E-state index contributed by atoms with van der Waals surface area (Å²) < 4.78 is 5.59. The largest absolute Gasteiger partial charge is 0.496 e. The normalized spacial score (nSPS) is 16.3. The number of fused-ring (bicyclic) bond motifs is 1. The minimum atomic E-state index is 0.661. The van der Waals surface area contributed by atoms with E-state index in [2.05, 4.69) is 65.1 Å². The van der Waals surface area contributed by atoms with Crippen molar-refractivity contribution in [1.29, 1.82) is 0 Å². The second-order valence-electron chi connectivity index (χ2n) is 8.66. The number of methoxy groups -OCH3 is 1. The average Bonchev–Trinajstić information content (AvgIpc) is 2.85. The SMILES string of the molecule is COc1ccccc1-c1cc2c(c(Nc3ccc(C4CCN(C)CC4)cc3)n1)CNC=C2. The number of pyridine rings is 1. The molecule has 5 heteroatoms. The molecule has 1 fully saturated rings. The fourth-order valence-electron chi connectivity index (χ4n) is 4.65. The lowest BCUT2D eigenvalue weighted by atomic mass is 9.89. The number of likely N-dealkylation sites (tertiary alicyclic amines) is 1. The number of hydrogen-bond acceptors (Lipinski definition) is 5. The molecule has 0 atom stereocenters. The van der Waals surface area contributed by atoms with Crippen LogP contribution in [0.25, 0.3) is 17.3 Å². The molecule has 1 aromatic heterocycles.